The largest absolute Gasteiger partial charge is 0.493 e. The Balaban J connectivity index is 0.00000225. The molecule has 1 amide bonds. The van der Waals surface area contributed by atoms with Crippen LogP contribution < -0.4 is 14.4 Å². The highest BCUT2D eigenvalue weighted by molar-refractivity contribution is 5.85. The van der Waals surface area contributed by atoms with Crippen molar-refractivity contribution in [3.05, 3.63) is 48.2 Å². The quantitative estimate of drug-likeness (QED) is 0.680. The second kappa shape index (κ2) is 11.8. The molecule has 166 valence electrons. The van der Waals surface area contributed by atoms with Crippen LogP contribution in [0, 0.1) is 0 Å². The molecule has 9 heteroatoms. The normalized spacial score (nSPS) is 14.7. The number of aromatic nitrogens is 1. The number of anilines is 1. The molecule has 7 nitrogen and oxygen atoms in total. The Hall–Kier alpha value is -2.22. The smallest absolute Gasteiger partial charge is 0.414 e. The van der Waals surface area contributed by atoms with Gasteiger partial charge in [0.1, 0.15) is 5.82 Å². The number of pyridine rings is 1. The van der Waals surface area contributed by atoms with Crippen LogP contribution in [0.1, 0.15) is 18.5 Å². The Morgan fingerprint density at radius 3 is 2.33 bits per heavy atom. The monoisotopic (exact) mass is 456 g/mol. The highest BCUT2D eigenvalue weighted by Gasteiger charge is 2.24. The van der Waals surface area contributed by atoms with E-state index in [1.54, 1.807) is 27.3 Å². The number of ether oxygens (including phenoxy) is 2. The van der Waals surface area contributed by atoms with Crippen molar-refractivity contribution < 1.29 is 14.3 Å². The molecule has 1 atom stereocenters. The fraction of sp³-hybridized carbons (Fsp3) is 0.429. The van der Waals surface area contributed by atoms with Gasteiger partial charge in [0.15, 0.2) is 11.5 Å². The lowest BCUT2D eigenvalue weighted by Gasteiger charge is -2.38. The van der Waals surface area contributed by atoms with Crippen LogP contribution in [0.4, 0.5) is 10.6 Å². The van der Waals surface area contributed by atoms with E-state index in [1.807, 2.05) is 30.5 Å². The Bertz CT molecular complexity index is 800. The van der Waals surface area contributed by atoms with Gasteiger partial charge in [0.25, 0.3) is 0 Å². The molecule has 1 fully saturated rings. The summed E-state index contributed by atoms with van der Waals surface area (Å²) in [6.07, 6.45) is 1.41. The number of hydrogen-bond acceptors (Lipinski definition) is 6. The SMILES string of the molecule is COc1cc(C(C)N2CCN(c3ccccn3)CC2)ccc1OC(=O)N(C)C.Cl.Cl. The van der Waals surface area contributed by atoms with Gasteiger partial charge in [0, 0.05) is 52.5 Å². The number of carbonyl (C=O) groups excluding carboxylic acids is 1. The molecule has 1 aromatic heterocycles. The molecule has 1 saturated heterocycles. The van der Waals surface area contributed by atoms with Gasteiger partial charge in [-0.05, 0) is 36.8 Å². The predicted octanol–water partition coefficient (Wildman–Crippen LogP) is 3.88. The van der Waals surface area contributed by atoms with Crippen molar-refractivity contribution in [3.8, 4) is 11.5 Å². The van der Waals surface area contributed by atoms with Crippen LogP contribution >= 0.6 is 24.8 Å². The van der Waals surface area contributed by atoms with E-state index in [0.29, 0.717) is 11.5 Å². The number of nitrogens with zero attached hydrogens (tertiary/aromatic N) is 4. The molecule has 3 rings (SSSR count). The number of benzene rings is 1. The Morgan fingerprint density at radius 1 is 1.07 bits per heavy atom. The lowest BCUT2D eigenvalue weighted by Crippen LogP contribution is -2.47. The summed E-state index contributed by atoms with van der Waals surface area (Å²) in [7, 11) is 4.88. The van der Waals surface area contributed by atoms with Crippen molar-refractivity contribution in [2.24, 2.45) is 0 Å². The standard InChI is InChI=1S/C21H28N4O3.2ClH/c1-16(24-11-13-25(14-12-24)20-7-5-6-10-22-20)17-8-9-18(19(15-17)27-4)28-21(26)23(2)3;;/h5-10,15-16H,11-14H2,1-4H3;2*1H. The number of carbonyl (C=O) groups is 1. The average molecular weight is 457 g/mol. The van der Waals surface area contributed by atoms with Gasteiger partial charge in [-0.1, -0.05) is 12.1 Å². The van der Waals surface area contributed by atoms with Gasteiger partial charge in [-0.2, -0.15) is 0 Å². The molecule has 0 spiro atoms. The van der Waals surface area contributed by atoms with E-state index >= 15 is 0 Å². The molecule has 1 unspecified atom stereocenters. The average Bonchev–Trinajstić information content (AvgIpc) is 2.74. The lowest BCUT2D eigenvalue weighted by atomic mass is 10.1. The first kappa shape index (κ1) is 25.8. The molecule has 0 radical (unpaired) electrons. The summed E-state index contributed by atoms with van der Waals surface area (Å²) >= 11 is 0. The summed E-state index contributed by atoms with van der Waals surface area (Å²) < 4.78 is 10.8. The fourth-order valence-electron chi connectivity index (χ4n) is 3.30. The predicted molar refractivity (Wildman–Crippen MR) is 124 cm³/mol. The molecular weight excluding hydrogens is 427 g/mol. The van der Waals surface area contributed by atoms with Crippen LogP contribution in [0.15, 0.2) is 42.6 Å². The molecule has 1 aliphatic rings. The third-order valence-corrected chi connectivity index (χ3v) is 5.07. The van der Waals surface area contributed by atoms with Crippen LogP contribution in [-0.4, -0.2) is 68.3 Å². The second-order valence-corrected chi connectivity index (χ2v) is 7.06. The van der Waals surface area contributed by atoms with Crippen LogP contribution in [0.2, 0.25) is 0 Å². The van der Waals surface area contributed by atoms with Crippen LogP contribution in [0.3, 0.4) is 0 Å². The number of hydrogen-bond donors (Lipinski definition) is 0. The van der Waals surface area contributed by atoms with Gasteiger partial charge in [0.05, 0.1) is 7.11 Å². The molecule has 2 aromatic rings. The lowest BCUT2D eigenvalue weighted by molar-refractivity contribution is 0.170. The minimum atomic E-state index is -0.426. The Kier molecular flexibility index (Phi) is 10.2. The zero-order chi connectivity index (χ0) is 20.1. The summed E-state index contributed by atoms with van der Waals surface area (Å²) in [5.74, 6) is 2.02. The first-order valence-corrected chi connectivity index (χ1v) is 9.46. The molecular formula is C21H30Cl2N4O3. The summed E-state index contributed by atoms with van der Waals surface area (Å²) in [5, 5.41) is 0. The second-order valence-electron chi connectivity index (χ2n) is 7.06. The Labute approximate surface area is 190 Å². The molecule has 0 N–H and O–H groups in total. The maximum Gasteiger partial charge on any atom is 0.414 e. The number of amides is 1. The van der Waals surface area contributed by atoms with Crippen molar-refractivity contribution in [1.29, 1.82) is 0 Å². The van der Waals surface area contributed by atoms with Crippen molar-refractivity contribution in [2.75, 3.05) is 52.3 Å². The van der Waals surface area contributed by atoms with Crippen molar-refractivity contribution in [1.82, 2.24) is 14.8 Å². The van der Waals surface area contributed by atoms with E-state index in [4.69, 9.17) is 9.47 Å². The molecule has 1 aliphatic heterocycles. The zero-order valence-electron chi connectivity index (χ0n) is 17.8. The van der Waals surface area contributed by atoms with E-state index < -0.39 is 6.09 Å². The topological polar surface area (TPSA) is 58.1 Å². The number of rotatable bonds is 5. The summed E-state index contributed by atoms with van der Waals surface area (Å²) in [6.45, 7) is 5.99. The number of piperazine rings is 1. The van der Waals surface area contributed by atoms with Crippen molar-refractivity contribution in [3.63, 3.8) is 0 Å². The third-order valence-electron chi connectivity index (χ3n) is 5.07. The molecule has 30 heavy (non-hydrogen) atoms. The van der Waals surface area contributed by atoms with Gasteiger partial charge >= 0.3 is 6.09 Å². The minimum Gasteiger partial charge on any atom is -0.493 e. The third kappa shape index (κ3) is 6.14. The maximum absolute atomic E-state index is 11.8. The molecule has 0 aliphatic carbocycles. The van der Waals surface area contributed by atoms with E-state index in [2.05, 4.69) is 27.8 Å². The molecule has 2 heterocycles. The number of halogens is 2. The summed E-state index contributed by atoms with van der Waals surface area (Å²) in [5.41, 5.74) is 1.13. The molecule has 1 aromatic carbocycles. The minimum absolute atomic E-state index is 0. The summed E-state index contributed by atoms with van der Waals surface area (Å²) in [6, 6.07) is 12.0. The highest BCUT2D eigenvalue weighted by atomic mass is 35.5. The number of methoxy groups -OCH3 is 1. The summed E-state index contributed by atoms with van der Waals surface area (Å²) in [4.78, 5) is 22.4. The van der Waals surface area contributed by atoms with E-state index in [9.17, 15) is 4.79 Å². The molecule has 0 saturated carbocycles. The van der Waals surface area contributed by atoms with Gasteiger partial charge in [0.2, 0.25) is 0 Å². The Morgan fingerprint density at radius 2 is 1.77 bits per heavy atom. The molecule has 0 bridgehead atoms. The first-order chi connectivity index (χ1) is 13.5. The zero-order valence-corrected chi connectivity index (χ0v) is 19.4. The van der Waals surface area contributed by atoms with Crippen molar-refractivity contribution in [2.45, 2.75) is 13.0 Å². The first-order valence-electron chi connectivity index (χ1n) is 9.46. The maximum atomic E-state index is 11.8. The highest BCUT2D eigenvalue weighted by Crippen LogP contribution is 2.33. The van der Waals surface area contributed by atoms with E-state index in [0.717, 1.165) is 37.6 Å². The van der Waals surface area contributed by atoms with Crippen LogP contribution in [0.5, 0.6) is 11.5 Å². The van der Waals surface area contributed by atoms with Crippen LogP contribution in [-0.2, 0) is 0 Å². The van der Waals surface area contributed by atoms with E-state index in [1.165, 1.54) is 4.90 Å². The van der Waals surface area contributed by atoms with Gasteiger partial charge < -0.3 is 19.3 Å². The van der Waals surface area contributed by atoms with Gasteiger partial charge in [-0.3, -0.25) is 4.90 Å². The van der Waals surface area contributed by atoms with Gasteiger partial charge in [-0.15, -0.1) is 24.8 Å². The van der Waals surface area contributed by atoms with Crippen molar-refractivity contribution >= 4 is 36.7 Å². The van der Waals surface area contributed by atoms with E-state index in [-0.39, 0.29) is 30.9 Å². The fourth-order valence-corrected chi connectivity index (χ4v) is 3.30. The van der Waals surface area contributed by atoms with Crippen LogP contribution in [0.25, 0.3) is 0 Å². The van der Waals surface area contributed by atoms with Gasteiger partial charge in [-0.25, -0.2) is 9.78 Å².